The number of rotatable bonds is 6. The van der Waals surface area contributed by atoms with Gasteiger partial charge in [0.1, 0.15) is 6.61 Å². The van der Waals surface area contributed by atoms with E-state index >= 15 is 0 Å². The van der Waals surface area contributed by atoms with Crippen LogP contribution in [0.15, 0.2) is 23.0 Å². The van der Waals surface area contributed by atoms with Gasteiger partial charge in [-0.2, -0.15) is 0 Å². The molecule has 1 aromatic rings. The molecule has 8 heteroatoms. The van der Waals surface area contributed by atoms with Gasteiger partial charge in [-0.05, 0) is 63.2 Å². The lowest BCUT2D eigenvalue weighted by Gasteiger charge is -2.56. The lowest BCUT2D eigenvalue weighted by atomic mass is 9.49. The summed E-state index contributed by atoms with van der Waals surface area (Å²) in [5.74, 6) is 1.87. The lowest BCUT2D eigenvalue weighted by molar-refractivity contribution is -0.138. The van der Waals surface area contributed by atoms with Crippen LogP contribution in [0.1, 0.15) is 51.1 Å². The molecule has 0 atom stereocenters. The normalized spacial score (nSPS) is 29.3. The third-order valence-electron chi connectivity index (χ3n) is 6.52. The maximum Gasteiger partial charge on any atom is 0.333 e. The van der Waals surface area contributed by atoms with Crippen LogP contribution in [0.5, 0.6) is 0 Å². The topological polar surface area (TPSA) is 113 Å². The van der Waals surface area contributed by atoms with Crippen LogP contribution in [-0.4, -0.2) is 35.1 Å². The predicted octanol–water partition coefficient (Wildman–Crippen LogP) is 2.48. The minimum atomic E-state index is -0.512. The highest BCUT2D eigenvalue weighted by Gasteiger charge is 2.52. The van der Waals surface area contributed by atoms with Gasteiger partial charge in [-0.15, -0.1) is 0 Å². The Balaban J connectivity index is 1.39. The van der Waals surface area contributed by atoms with Gasteiger partial charge >= 0.3 is 12.0 Å². The van der Waals surface area contributed by atoms with Gasteiger partial charge in [0.05, 0.1) is 12.2 Å². The number of nitrogens with one attached hydrogen (secondary N) is 3. The molecule has 4 aliphatic rings. The van der Waals surface area contributed by atoms with E-state index in [1.165, 1.54) is 19.3 Å². The molecular weight excluding hydrogens is 372 g/mol. The Kier molecular flexibility index (Phi) is 5.19. The zero-order chi connectivity index (χ0) is 20.6. The van der Waals surface area contributed by atoms with Crippen molar-refractivity contribution in [1.29, 1.82) is 0 Å². The molecule has 0 unspecified atom stereocenters. The number of hydrogen-bond donors (Lipinski definition) is 3. The Bertz CT molecular complexity index is 856. The summed E-state index contributed by atoms with van der Waals surface area (Å²) in [4.78, 5) is 42.9. The van der Waals surface area contributed by atoms with Gasteiger partial charge in [0.2, 0.25) is 5.95 Å². The van der Waals surface area contributed by atoms with Crippen molar-refractivity contribution < 1.29 is 14.3 Å². The van der Waals surface area contributed by atoms with Crippen molar-refractivity contribution in [3.8, 4) is 0 Å². The molecule has 0 aromatic carbocycles. The zero-order valence-electron chi connectivity index (χ0n) is 16.8. The van der Waals surface area contributed by atoms with Gasteiger partial charge in [0.25, 0.3) is 5.56 Å². The van der Waals surface area contributed by atoms with Crippen LogP contribution >= 0.6 is 0 Å². The third kappa shape index (κ3) is 4.21. The van der Waals surface area contributed by atoms with Crippen LogP contribution in [-0.2, 0) is 14.9 Å². The number of hydrogen-bond acceptors (Lipinski definition) is 5. The number of esters is 1. The average Bonchev–Trinajstić information content (AvgIpc) is 2.63. The first-order chi connectivity index (χ1) is 13.8. The van der Waals surface area contributed by atoms with Crippen molar-refractivity contribution in [3.05, 3.63) is 34.3 Å². The molecular formula is C21H28N4O4. The Labute approximate surface area is 169 Å². The number of anilines is 1. The summed E-state index contributed by atoms with van der Waals surface area (Å²) in [6, 6.07) is 1.09. The SMILES string of the molecule is C=C(C)C(=O)OCCNC(=O)Nc1nc(C23CC4CC(CC(C4)C2)C3)cc(=O)[nH]1. The molecule has 156 valence electrons. The second-order valence-electron chi connectivity index (χ2n) is 8.97. The van der Waals surface area contributed by atoms with Crippen LogP contribution in [0, 0.1) is 17.8 Å². The number of aromatic amines is 1. The standard InChI is InChI=1S/C21H28N4O4/c1-12(2)18(27)29-4-3-22-20(28)25-19-23-16(8-17(26)24-19)21-9-13-5-14(10-21)7-15(6-13)11-21/h8,13-15H,1,3-7,9-11H2,2H3,(H3,22,23,24,25,26,28). The summed E-state index contributed by atoms with van der Waals surface area (Å²) >= 11 is 0. The number of H-pyrrole nitrogens is 1. The number of urea groups is 1. The highest BCUT2D eigenvalue weighted by Crippen LogP contribution is 2.60. The summed E-state index contributed by atoms with van der Waals surface area (Å²) in [7, 11) is 0. The molecule has 8 nitrogen and oxygen atoms in total. The van der Waals surface area contributed by atoms with E-state index in [9.17, 15) is 14.4 Å². The zero-order valence-corrected chi connectivity index (χ0v) is 16.8. The maximum atomic E-state index is 12.3. The average molecular weight is 400 g/mol. The number of amides is 2. The second kappa shape index (κ2) is 7.65. The van der Waals surface area contributed by atoms with Crippen molar-refractivity contribution >= 4 is 17.9 Å². The Morgan fingerprint density at radius 1 is 1.24 bits per heavy atom. The van der Waals surface area contributed by atoms with Gasteiger partial charge in [0.15, 0.2) is 0 Å². The molecule has 0 aliphatic heterocycles. The number of carbonyl (C=O) groups is 2. The molecule has 1 heterocycles. The second-order valence-corrected chi connectivity index (χ2v) is 8.97. The van der Waals surface area contributed by atoms with E-state index in [1.54, 1.807) is 13.0 Å². The smallest absolute Gasteiger partial charge is 0.333 e. The van der Waals surface area contributed by atoms with Crippen LogP contribution in [0.2, 0.25) is 0 Å². The van der Waals surface area contributed by atoms with Gasteiger partial charge in [-0.3, -0.25) is 15.1 Å². The summed E-state index contributed by atoms with van der Waals surface area (Å²) in [6.45, 7) is 5.23. The Hall–Kier alpha value is -2.64. The highest BCUT2D eigenvalue weighted by molar-refractivity contribution is 5.88. The summed E-state index contributed by atoms with van der Waals surface area (Å²) in [5.41, 5.74) is 0.840. The molecule has 3 N–H and O–H groups in total. The largest absolute Gasteiger partial charge is 0.460 e. The fourth-order valence-corrected chi connectivity index (χ4v) is 5.80. The first-order valence-electron chi connectivity index (χ1n) is 10.3. The summed E-state index contributed by atoms with van der Waals surface area (Å²) in [6.07, 6.45) is 7.21. The van der Waals surface area contributed by atoms with E-state index in [-0.39, 0.29) is 30.1 Å². The third-order valence-corrected chi connectivity index (χ3v) is 6.52. The van der Waals surface area contributed by atoms with Crippen LogP contribution in [0.25, 0.3) is 0 Å². The van der Waals surface area contributed by atoms with Gasteiger partial charge < -0.3 is 10.1 Å². The first-order valence-corrected chi connectivity index (χ1v) is 10.3. The Morgan fingerprint density at radius 3 is 2.45 bits per heavy atom. The number of carbonyl (C=O) groups excluding carboxylic acids is 2. The predicted molar refractivity (Wildman–Crippen MR) is 108 cm³/mol. The number of aromatic nitrogens is 2. The van der Waals surface area contributed by atoms with E-state index in [4.69, 9.17) is 4.74 Å². The molecule has 4 aliphatic carbocycles. The maximum absolute atomic E-state index is 12.3. The summed E-state index contributed by atoms with van der Waals surface area (Å²) < 4.78 is 4.93. The quantitative estimate of drug-likeness (QED) is 0.386. The Morgan fingerprint density at radius 2 is 1.86 bits per heavy atom. The van der Waals surface area contributed by atoms with Crippen LogP contribution < -0.4 is 16.2 Å². The van der Waals surface area contributed by atoms with E-state index in [1.807, 2.05) is 0 Å². The fourth-order valence-electron chi connectivity index (χ4n) is 5.80. The van der Waals surface area contributed by atoms with Crippen LogP contribution in [0.3, 0.4) is 0 Å². The molecule has 5 rings (SSSR count). The fraction of sp³-hybridized carbons (Fsp3) is 0.619. The van der Waals surface area contributed by atoms with Crippen molar-refractivity contribution in [1.82, 2.24) is 15.3 Å². The molecule has 4 saturated carbocycles. The molecule has 2 amide bonds. The molecule has 4 bridgehead atoms. The molecule has 1 aromatic heterocycles. The monoisotopic (exact) mass is 400 g/mol. The van der Waals surface area contributed by atoms with E-state index in [0.717, 1.165) is 42.7 Å². The molecule has 29 heavy (non-hydrogen) atoms. The minimum absolute atomic E-state index is 0.0212. The van der Waals surface area contributed by atoms with E-state index in [2.05, 4.69) is 27.2 Å². The number of ether oxygens (including phenoxy) is 1. The van der Waals surface area contributed by atoms with Crippen molar-refractivity contribution in [3.63, 3.8) is 0 Å². The molecule has 4 fully saturated rings. The van der Waals surface area contributed by atoms with Crippen molar-refractivity contribution in [2.75, 3.05) is 18.5 Å². The van der Waals surface area contributed by atoms with Gasteiger partial charge in [-0.25, -0.2) is 14.6 Å². The highest BCUT2D eigenvalue weighted by atomic mass is 16.5. The van der Waals surface area contributed by atoms with Crippen molar-refractivity contribution in [2.45, 2.75) is 50.9 Å². The van der Waals surface area contributed by atoms with Crippen molar-refractivity contribution in [2.24, 2.45) is 17.8 Å². The summed E-state index contributed by atoms with van der Waals surface area (Å²) in [5, 5.41) is 5.17. The lowest BCUT2D eigenvalue weighted by Crippen LogP contribution is -2.49. The van der Waals surface area contributed by atoms with Crippen LogP contribution in [0.4, 0.5) is 10.7 Å². The minimum Gasteiger partial charge on any atom is -0.460 e. The molecule has 0 saturated heterocycles. The molecule has 0 radical (unpaired) electrons. The first kappa shape index (κ1) is 19.7. The van der Waals surface area contributed by atoms with Gasteiger partial charge in [0, 0.05) is 17.1 Å². The van der Waals surface area contributed by atoms with E-state index < -0.39 is 12.0 Å². The number of nitrogens with zero attached hydrogens (tertiary/aromatic N) is 1. The molecule has 0 spiro atoms. The van der Waals surface area contributed by atoms with E-state index in [0.29, 0.717) is 5.57 Å². The van der Waals surface area contributed by atoms with Gasteiger partial charge in [-0.1, -0.05) is 6.58 Å².